The third kappa shape index (κ3) is 3.96. The first kappa shape index (κ1) is 17.8. The molecule has 1 fully saturated rings. The van der Waals surface area contributed by atoms with E-state index in [-0.39, 0.29) is 12.5 Å². The third-order valence-electron chi connectivity index (χ3n) is 4.59. The van der Waals surface area contributed by atoms with Crippen molar-refractivity contribution in [1.82, 2.24) is 4.90 Å². The number of hydrogen-bond donors (Lipinski definition) is 1. The molecule has 0 radical (unpaired) electrons. The number of amides is 1. The second-order valence-corrected chi connectivity index (χ2v) is 6.26. The molecule has 3 rings (SSSR count). The van der Waals surface area contributed by atoms with Gasteiger partial charge in [-0.2, -0.15) is 0 Å². The number of ether oxygens (including phenoxy) is 2. The van der Waals surface area contributed by atoms with Crippen LogP contribution in [0.25, 0.3) is 0 Å². The van der Waals surface area contributed by atoms with Crippen molar-refractivity contribution in [2.75, 3.05) is 13.7 Å². The van der Waals surface area contributed by atoms with Crippen LogP contribution in [0.2, 0.25) is 0 Å². The first-order valence-electron chi connectivity index (χ1n) is 8.42. The lowest BCUT2D eigenvalue weighted by molar-refractivity contribution is -0.141. The van der Waals surface area contributed by atoms with Gasteiger partial charge in [0.1, 0.15) is 18.4 Å². The molecule has 1 aliphatic rings. The van der Waals surface area contributed by atoms with Gasteiger partial charge in [0.2, 0.25) is 0 Å². The zero-order chi connectivity index (χ0) is 18.5. The van der Waals surface area contributed by atoms with Gasteiger partial charge in [0.15, 0.2) is 0 Å². The summed E-state index contributed by atoms with van der Waals surface area (Å²) in [5.41, 5.74) is 1.81. The number of rotatable bonds is 5. The van der Waals surface area contributed by atoms with E-state index in [1.165, 1.54) is 4.90 Å². The summed E-state index contributed by atoms with van der Waals surface area (Å²) >= 11 is 0. The SMILES string of the molecule is COc1cccc([C@@H]2C[C@@H](C(=O)O)N(C(=O)OCc3ccccc3)C2)c1. The minimum atomic E-state index is -1.02. The van der Waals surface area contributed by atoms with Crippen LogP contribution in [0.3, 0.4) is 0 Å². The molecule has 6 heteroatoms. The van der Waals surface area contributed by atoms with E-state index in [1.54, 1.807) is 7.11 Å². The Morgan fingerprint density at radius 3 is 2.62 bits per heavy atom. The third-order valence-corrected chi connectivity index (χ3v) is 4.59. The van der Waals surface area contributed by atoms with Crippen molar-refractivity contribution in [2.45, 2.75) is 25.0 Å². The molecule has 0 aromatic heterocycles. The Balaban J connectivity index is 1.70. The summed E-state index contributed by atoms with van der Waals surface area (Å²) in [5.74, 6) is -0.387. The van der Waals surface area contributed by atoms with Crippen LogP contribution < -0.4 is 4.74 Å². The number of carbonyl (C=O) groups is 2. The van der Waals surface area contributed by atoms with Crippen molar-refractivity contribution in [3.8, 4) is 5.75 Å². The molecule has 26 heavy (non-hydrogen) atoms. The zero-order valence-corrected chi connectivity index (χ0v) is 14.5. The number of likely N-dealkylation sites (tertiary alicyclic amines) is 1. The van der Waals surface area contributed by atoms with Crippen molar-refractivity contribution < 1.29 is 24.2 Å². The van der Waals surface area contributed by atoms with E-state index < -0.39 is 18.1 Å². The van der Waals surface area contributed by atoms with Crippen LogP contribution in [0.1, 0.15) is 23.5 Å². The van der Waals surface area contributed by atoms with Gasteiger partial charge in [-0.25, -0.2) is 9.59 Å². The van der Waals surface area contributed by atoms with Gasteiger partial charge >= 0.3 is 12.1 Å². The predicted molar refractivity (Wildman–Crippen MR) is 95.1 cm³/mol. The lowest BCUT2D eigenvalue weighted by Gasteiger charge is -2.21. The number of nitrogens with zero attached hydrogens (tertiary/aromatic N) is 1. The Kier molecular flexibility index (Phi) is 5.41. The van der Waals surface area contributed by atoms with Crippen LogP contribution in [-0.2, 0) is 16.1 Å². The average molecular weight is 355 g/mol. The minimum absolute atomic E-state index is 0.0736. The Morgan fingerprint density at radius 2 is 1.92 bits per heavy atom. The van der Waals surface area contributed by atoms with Crippen LogP contribution in [0.5, 0.6) is 5.75 Å². The van der Waals surface area contributed by atoms with E-state index in [0.717, 1.165) is 11.1 Å². The largest absolute Gasteiger partial charge is 0.497 e. The van der Waals surface area contributed by atoms with Crippen molar-refractivity contribution in [1.29, 1.82) is 0 Å². The molecule has 0 spiro atoms. The fourth-order valence-corrected chi connectivity index (χ4v) is 3.21. The lowest BCUT2D eigenvalue weighted by Crippen LogP contribution is -2.40. The second kappa shape index (κ2) is 7.91. The van der Waals surface area contributed by atoms with E-state index in [4.69, 9.17) is 9.47 Å². The summed E-state index contributed by atoms with van der Waals surface area (Å²) in [6.45, 7) is 0.421. The fourth-order valence-electron chi connectivity index (χ4n) is 3.21. The standard InChI is InChI=1S/C20H21NO5/c1-25-17-9-5-8-15(10-17)16-11-18(19(22)23)21(12-16)20(24)26-13-14-6-3-2-4-7-14/h2-10,16,18H,11-13H2,1H3,(H,22,23)/t16-,18+/m1/s1. The van der Waals surface area contributed by atoms with Gasteiger partial charge in [-0.05, 0) is 29.7 Å². The van der Waals surface area contributed by atoms with Crippen LogP contribution in [-0.4, -0.2) is 41.8 Å². The normalized spacial score (nSPS) is 19.2. The topological polar surface area (TPSA) is 76.1 Å². The van der Waals surface area contributed by atoms with Crippen LogP contribution >= 0.6 is 0 Å². The quantitative estimate of drug-likeness (QED) is 0.891. The van der Waals surface area contributed by atoms with Gasteiger partial charge < -0.3 is 14.6 Å². The Hall–Kier alpha value is -3.02. The number of carboxylic acids is 1. The zero-order valence-electron chi connectivity index (χ0n) is 14.5. The molecule has 136 valence electrons. The molecule has 0 aliphatic carbocycles. The van der Waals surface area contributed by atoms with Crippen molar-refractivity contribution in [2.24, 2.45) is 0 Å². The first-order valence-corrected chi connectivity index (χ1v) is 8.42. The first-order chi connectivity index (χ1) is 12.6. The number of hydrogen-bond acceptors (Lipinski definition) is 4. The van der Waals surface area contributed by atoms with Crippen molar-refractivity contribution in [3.05, 3.63) is 65.7 Å². The average Bonchev–Trinajstić information content (AvgIpc) is 3.13. The number of aliphatic carboxylic acids is 1. The molecule has 1 amide bonds. The second-order valence-electron chi connectivity index (χ2n) is 6.26. The summed E-state index contributed by atoms with van der Waals surface area (Å²) in [5, 5.41) is 9.51. The van der Waals surface area contributed by atoms with Gasteiger partial charge in [0.05, 0.1) is 7.11 Å². The molecule has 0 bridgehead atoms. The summed E-state index contributed by atoms with van der Waals surface area (Å²) in [7, 11) is 1.58. The molecular weight excluding hydrogens is 334 g/mol. The maximum Gasteiger partial charge on any atom is 0.410 e. The van der Waals surface area contributed by atoms with Crippen molar-refractivity contribution >= 4 is 12.1 Å². The fraction of sp³-hybridized carbons (Fsp3) is 0.300. The molecule has 1 aliphatic heterocycles. The van der Waals surface area contributed by atoms with E-state index in [0.29, 0.717) is 18.7 Å². The number of carbonyl (C=O) groups excluding carboxylic acids is 1. The molecule has 2 aromatic rings. The maximum atomic E-state index is 12.4. The van der Waals surface area contributed by atoms with Gasteiger partial charge in [0.25, 0.3) is 0 Å². The summed E-state index contributed by atoms with van der Waals surface area (Å²) in [6, 6.07) is 15.9. The molecule has 2 aromatic carbocycles. The lowest BCUT2D eigenvalue weighted by atomic mass is 9.96. The molecule has 1 saturated heterocycles. The monoisotopic (exact) mass is 355 g/mol. The Morgan fingerprint density at radius 1 is 1.15 bits per heavy atom. The van der Waals surface area contributed by atoms with E-state index in [9.17, 15) is 14.7 Å². The van der Waals surface area contributed by atoms with Gasteiger partial charge in [-0.15, -0.1) is 0 Å². The van der Waals surface area contributed by atoms with E-state index >= 15 is 0 Å². The number of carboxylic acid groups (broad SMARTS) is 1. The molecular formula is C20H21NO5. The number of benzene rings is 2. The van der Waals surface area contributed by atoms with Gasteiger partial charge in [-0.3, -0.25) is 4.90 Å². The maximum absolute atomic E-state index is 12.4. The highest BCUT2D eigenvalue weighted by Crippen LogP contribution is 2.33. The van der Waals surface area contributed by atoms with Gasteiger partial charge in [0, 0.05) is 12.5 Å². The van der Waals surface area contributed by atoms with E-state index in [2.05, 4.69) is 0 Å². The molecule has 1 heterocycles. The van der Waals surface area contributed by atoms with Crippen molar-refractivity contribution in [3.63, 3.8) is 0 Å². The summed E-state index contributed by atoms with van der Waals surface area (Å²) in [4.78, 5) is 25.4. The van der Waals surface area contributed by atoms with Gasteiger partial charge in [-0.1, -0.05) is 42.5 Å². The Labute approximate surface area is 152 Å². The highest BCUT2D eigenvalue weighted by molar-refractivity contribution is 5.81. The summed E-state index contributed by atoms with van der Waals surface area (Å²) in [6.07, 6.45) is -0.255. The van der Waals surface area contributed by atoms with E-state index in [1.807, 2.05) is 54.6 Å². The van der Waals surface area contributed by atoms with Crippen LogP contribution in [0.15, 0.2) is 54.6 Å². The molecule has 0 unspecified atom stereocenters. The van der Waals surface area contributed by atoms with Crippen LogP contribution in [0.4, 0.5) is 4.79 Å². The Bertz CT molecular complexity index is 777. The molecule has 6 nitrogen and oxygen atoms in total. The molecule has 1 N–H and O–H groups in total. The minimum Gasteiger partial charge on any atom is -0.497 e. The molecule has 2 atom stereocenters. The smallest absolute Gasteiger partial charge is 0.410 e. The number of methoxy groups -OCH3 is 1. The predicted octanol–water partition coefficient (Wildman–Crippen LogP) is 3.27. The molecule has 0 saturated carbocycles. The summed E-state index contributed by atoms with van der Waals surface area (Å²) < 4.78 is 10.5. The van der Waals surface area contributed by atoms with Crippen LogP contribution in [0, 0.1) is 0 Å². The highest BCUT2D eigenvalue weighted by Gasteiger charge is 2.41. The highest BCUT2D eigenvalue weighted by atomic mass is 16.6.